The second-order valence-electron chi connectivity index (χ2n) is 5.02. The number of aromatic nitrogens is 1. The fraction of sp³-hybridized carbons (Fsp3) is 0.667. The largest absolute Gasteiger partial charge is 0.477 e. The molecule has 1 aromatic heterocycles. The molecule has 0 radical (unpaired) electrons. The van der Waals surface area contributed by atoms with E-state index in [9.17, 15) is 4.79 Å². The Labute approximate surface area is 110 Å². The van der Waals surface area contributed by atoms with E-state index in [1.807, 2.05) is 0 Å². The number of nitrogens with one attached hydrogen (secondary N) is 1. The monoisotopic (exact) mass is 267 g/mol. The van der Waals surface area contributed by atoms with Crippen LogP contribution in [0.3, 0.4) is 0 Å². The van der Waals surface area contributed by atoms with Crippen LogP contribution in [-0.2, 0) is 0 Å². The maximum absolute atomic E-state index is 11.0. The molecule has 2 aliphatic rings. The van der Waals surface area contributed by atoms with Crippen LogP contribution >= 0.6 is 11.3 Å². The molecule has 2 atom stereocenters. The lowest BCUT2D eigenvalue weighted by molar-refractivity contribution is 0.0701. The Balaban J connectivity index is 1.73. The summed E-state index contributed by atoms with van der Waals surface area (Å²) in [5.74, 6) is -0.882. The van der Waals surface area contributed by atoms with Gasteiger partial charge in [-0.2, -0.15) is 0 Å². The Kier molecular flexibility index (Phi) is 2.99. The molecule has 5 nitrogen and oxygen atoms in total. The molecule has 0 amide bonds. The number of carboxylic acids is 1. The van der Waals surface area contributed by atoms with Crippen molar-refractivity contribution in [1.82, 2.24) is 9.88 Å². The number of rotatable bonds is 3. The number of anilines is 1. The van der Waals surface area contributed by atoms with E-state index in [0.29, 0.717) is 22.7 Å². The van der Waals surface area contributed by atoms with Crippen LogP contribution in [0.25, 0.3) is 0 Å². The summed E-state index contributed by atoms with van der Waals surface area (Å²) < 4.78 is 0. The summed E-state index contributed by atoms with van der Waals surface area (Å²) in [5, 5.41) is 13.2. The molecular formula is C12H17N3O2S. The highest BCUT2D eigenvalue weighted by Gasteiger charge is 2.37. The second kappa shape index (κ2) is 4.51. The van der Waals surface area contributed by atoms with Crippen LogP contribution < -0.4 is 5.32 Å². The first-order chi connectivity index (χ1) is 8.65. The summed E-state index contributed by atoms with van der Waals surface area (Å²) in [6, 6.07) is 1.04. The third kappa shape index (κ3) is 1.99. The minimum Gasteiger partial charge on any atom is -0.477 e. The summed E-state index contributed by atoms with van der Waals surface area (Å²) in [5.41, 5.74) is 0.608. The number of fused-ring (bicyclic) bond motifs is 1. The number of aromatic carboxylic acids is 1. The lowest BCUT2D eigenvalue weighted by atomic mass is 10.1. The Morgan fingerprint density at radius 3 is 3.06 bits per heavy atom. The van der Waals surface area contributed by atoms with Gasteiger partial charge >= 0.3 is 5.97 Å². The predicted octanol–water partition coefficient (Wildman–Crippen LogP) is 1.80. The molecule has 2 aliphatic heterocycles. The average molecular weight is 267 g/mol. The molecular weight excluding hydrogens is 250 g/mol. The Morgan fingerprint density at radius 1 is 1.50 bits per heavy atom. The smallest absolute Gasteiger partial charge is 0.347 e. The summed E-state index contributed by atoms with van der Waals surface area (Å²) >= 11 is 1.25. The zero-order chi connectivity index (χ0) is 12.7. The van der Waals surface area contributed by atoms with Crippen molar-refractivity contribution >= 4 is 22.4 Å². The summed E-state index contributed by atoms with van der Waals surface area (Å²) in [7, 11) is 0. The SMILES string of the molecule is Cc1nc(NC2CCN3CCCC23)sc1C(=O)O. The molecule has 6 heteroatoms. The van der Waals surface area contributed by atoms with E-state index >= 15 is 0 Å². The highest BCUT2D eigenvalue weighted by atomic mass is 32.1. The van der Waals surface area contributed by atoms with Gasteiger partial charge in [-0.15, -0.1) is 0 Å². The maximum Gasteiger partial charge on any atom is 0.347 e. The Bertz CT molecular complexity index is 474. The van der Waals surface area contributed by atoms with Gasteiger partial charge < -0.3 is 10.4 Å². The predicted molar refractivity (Wildman–Crippen MR) is 70.4 cm³/mol. The zero-order valence-electron chi connectivity index (χ0n) is 10.3. The third-order valence-electron chi connectivity index (χ3n) is 3.91. The number of carboxylic acid groups (broad SMARTS) is 1. The molecule has 3 heterocycles. The maximum atomic E-state index is 11.0. The van der Waals surface area contributed by atoms with Crippen molar-refractivity contribution in [1.29, 1.82) is 0 Å². The van der Waals surface area contributed by atoms with Crippen molar-refractivity contribution in [2.24, 2.45) is 0 Å². The van der Waals surface area contributed by atoms with Crippen LogP contribution in [0.1, 0.15) is 34.6 Å². The van der Waals surface area contributed by atoms with Crippen LogP contribution in [0, 0.1) is 6.92 Å². The lowest BCUT2D eigenvalue weighted by Gasteiger charge is -2.20. The van der Waals surface area contributed by atoms with Gasteiger partial charge in [-0.3, -0.25) is 4.90 Å². The van der Waals surface area contributed by atoms with Gasteiger partial charge in [-0.25, -0.2) is 9.78 Å². The summed E-state index contributed by atoms with van der Waals surface area (Å²) in [6.07, 6.45) is 3.65. The third-order valence-corrected chi connectivity index (χ3v) is 4.98. The number of hydrogen-bond donors (Lipinski definition) is 2. The molecule has 1 aromatic rings. The number of nitrogens with zero attached hydrogens (tertiary/aromatic N) is 2. The number of hydrogen-bond acceptors (Lipinski definition) is 5. The molecule has 0 bridgehead atoms. The highest BCUT2D eigenvalue weighted by Crippen LogP contribution is 2.31. The van der Waals surface area contributed by atoms with Crippen molar-refractivity contribution in [2.45, 2.75) is 38.3 Å². The van der Waals surface area contributed by atoms with Crippen LogP contribution in [0.4, 0.5) is 5.13 Å². The first-order valence-electron chi connectivity index (χ1n) is 6.36. The second-order valence-corrected chi connectivity index (χ2v) is 6.02. The standard InChI is InChI=1S/C12H17N3O2S/c1-7-10(11(16)17)18-12(13-7)14-8-4-6-15-5-2-3-9(8)15/h8-9H,2-6H2,1H3,(H,13,14)(H,16,17). The van der Waals surface area contributed by atoms with Crippen LogP contribution in [-0.4, -0.2) is 46.1 Å². The molecule has 2 fully saturated rings. The van der Waals surface area contributed by atoms with Crippen molar-refractivity contribution in [3.63, 3.8) is 0 Å². The van der Waals surface area contributed by atoms with Gasteiger partial charge in [0.05, 0.1) is 5.69 Å². The van der Waals surface area contributed by atoms with Gasteiger partial charge in [0.25, 0.3) is 0 Å². The number of carbonyl (C=O) groups is 1. The van der Waals surface area contributed by atoms with Crippen LogP contribution in [0.2, 0.25) is 0 Å². The van der Waals surface area contributed by atoms with E-state index < -0.39 is 5.97 Å². The average Bonchev–Trinajstić information content (AvgIpc) is 2.96. The minimum atomic E-state index is -0.882. The van der Waals surface area contributed by atoms with Crippen molar-refractivity contribution in [2.75, 3.05) is 18.4 Å². The van der Waals surface area contributed by atoms with Gasteiger partial charge in [0.2, 0.25) is 0 Å². The van der Waals surface area contributed by atoms with Gasteiger partial charge in [0.1, 0.15) is 4.88 Å². The van der Waals surface area contributed by atoms with Crippen molar-refractivity contribution in [3.05, 3.63) is 10.6 Å². The fourth-order valence-corrected chi connectivity index (χ4v) is 3.93. The quantitative estimate of drug-likeness (QED) is 0.874. The molecule has 98 valence electrons. The van der Waals surface area contributed by atoms with E-state index in [1.54, 1.807) is 6.92 Å². The van der Waals surface area contributed by atoms with Gasteiger partial charge in [-0.05, 0) is 32.7 Å². The molecule has 0 aromatic carbocycles. The molecule has 2 N–H and O–H groups in total. The minimum absolute atomic E-state index is 0.346. The fourth-order valence-electron chi connectivity index (χ4n) is 3.07. The highest BCUT2D eigenvalue weighted by molar-refractivity contribution is 7.17. The van der Waals surface area contributed by atoms with E-state index in [4.69, 9.17) is 5.11 Å². The zero-order valence-corrected chi connectivity index (χ0v) is 11.2. The first-order valence-corrected chi connectivity index (χ1v) is 7.18. The molecule has 18 heavy (non-hydrogen) atoms. The van der Waals surface area contributed by atoms with E-state index in [1.165, 1.54) is 30.7 Å². The van der Waals surface area contributed by atoms with Gasteiger partial charge in [-0.1, -0.05) is 11.3 Å². The number of thiazole rings is 1. The molecule has 2 unspecified atom stereocenters. The Hall–Kier alpha value is -1.14. The summed E-state index contributed by atoms with van der Waals surface area (Å²) in [6.45, 7) is 4.11. The lowest BCUT2D eigenvalue weighted by Crippen LogP contribution is -2.33. The Morgan fingerprint density at radius 2 is 2.33 bits per heavy atom. The van der Waals surface area contributed by atoms with E-state index in [-0.39, 0.29) is 0 Å². The molecule has 0 aliphatic carbocycles. The van der Waals surface area contributed by atoms with Gasteiger partial charge in [0.15, 0.2) is 5.13 Å². The topological polar surface area (TPSA) is 65.5 Å². The molecule has 3 rings (SSSR count). The first kappa shape index (κ1) is 11.9. The van der Waals surface area contributed by atoms with E-state index in [2.05, 4.69) is 15.2 Å². The molecule has 0 saturated carbocycles. The molecule has 0 spiro atoms. The number of aryl methyl sites for hydroxylation is 1. The van der Waals surface area contributed by atoms with Crippen molar-refractivity contribution in [3.8, 4) is 0 Å². The summed E-state index contributed by atoms with van der Waals surface area (Å²) in [4.78, 5) is 18.2. The van der Waals surface area contributed by atoms with E-state index in [0.717, 1.165) is 18.1 Å². The molecule has 2 saturated heterocycles. The van der Waals surface area contributed by atoms with Crippen LogP contribution in [0.15, 0.2) is 0 Å². The van der Waals surface area contributed by atoms with Crippen molar-refractivity contribution < 1.29 is 9.90 Å². The van der Waals surface area contributed by atoms with Crippen LogP contribution in [0.5, 0.6) is 0 Å². The van der Waals surface area contributed by atoms with Gasteiger partial charge in [0, 0.05) is 18.6 Å². The normalized spacial score (nSPS) is 27.4.